The third-order valence-corrected chi connectivity index (χ3v) is 10.7. The summed E-state index contributed by atoms with van der Waals surface area (Å²) in [5.74, 6) is -2.91. The van der Waals surface area contributed by atoms with Crippen LogP contribution in [0, 0.1) is 0 Å². The summed E-state index contributed by atoms with van der Waals surface area (Å²) in [4.78, 5) is 89.2. The van der Waals surface area contributed by atoms with Gasteiger partial charge in [-0.05, 0) is 0 Å². The van der Waals surface area contributed by atoms with Gasteiger partial charge in [0.25, 0.3) is 0 Å². The summed E-state index contributed by atoms with van der Waals surface area (Å²) >= 11 is -1.13. The standard InChI is InChI=1S/C36H40N4O13P2Se/c37-29(19-25-11-15-27(16-12-25)52-54(46,47)48)33(41)39-32(22-24-9-5-2-6-10-24)36(45)56-40-30(20-23-7-3-1-4-8-23)34(42)38-31(35(43)44)21-26-13-17-28(18-14-26)53-55(49,50)51/h1-18,29-32,40H,19-22,37H2,(H,38,42)(H,39,41)(H,43,44)(H2,46,47,48)(H2,49,50,51)/t29-,30-,31-,32-/m0/s1. The monoisotopic (exact) mass is 878 g/mol. The number of carboxylic acid groups (broad SMARTS) is 1. The SMILES string of the molecule is N[C@@H](Cc1ccc(OP(=O)(O)O)cc1)C(=O)N[C@@H](Cc1ccccc1)C(=O)[Se]N[C@@H](Cc1ccccc1)C(=O)N[C@@H](Cc1ccc(OP(=O)(O)O)cc1)C(=O)O. The molecule has 0 fully saturated rings. The number of aliphatic carboxylic acids is 1. The molecule has 0 saturated heterocycles. The summed E-state index contributed by atoms with van der Waals surface area (Å²) in [7, 11) is -9.56. The van der Waals surface area contributed by atoms with E-state index in [1.165, 1.54) is 48.5 Å². The summed E-state index contributed by atoms with van der Waals surface area (Å²) in [6, 6.07) is 24.0. The zero-order valence-electron chi connectivity index (χ0n) is 29.4. The molecule has 4 aromatic carbocycles. The van der Waals surface area contributed by atoms with Crippen LogP contribution in [0.5, 0.6) is 11.5 Å². The fourth-order valence-corrected chi connectivity index (χ4v) is 7.59. The Bertz CT molecular complexity index is 2030. The Morgan fingerprint density at radius 3 is 1.41 bits per heavy atom. The minimum absolute atomic E-state index is 0.0209. The first-order valence-corrected chi connectivity index (χ1v) is 21.5. The third-order valence-electron chi connectivity index (χ3n) is 7.93. The molecule has 0 unspecified atom stereocenters. The van der Waals surface area contributed by atoms with Gasteiger partial charge in [0.2, 0.25) is 0 Å². The maximum atomic E-state index is 13.8. The predicted molar refractivity (Wildman–Crippen MR) is 203 cm³/mol. The molecule has 0 bridgehead atoms. The van der Waals surface area contributed by atoms with Crippen LogP contribution in [0.25, 0.3) is 0 Å². The van der Waals surface area contributed by atoms with E-state index in [2.05, 4.69) is 24.0 Å². The molecule has 0 aromatic heterocycles. The van der Waals surface area contributed by atoms with Crippen molar-refractivity contribution in [3.8, 4) is 11.5 Å². The molecule has 4 atom stereocenters. The Kier molecular flexibility index (Phi) is 16.1. The number of hydrogen-bond donors (Lipinski definition) is 9. The van der Waals surface area contributed by atoms with Gasteiger partial charge in [-0.3, -0.25) is 19.6 Å². The van der Waals surface area contributed by atoms with Crippen LogP contribution in [0.15, 0.2) is 109 Å². The number of phosphoric ester groups is 2. The Morgan fingerprint density at radius 2 is 0.964 bits per heavy atom. The van der Waals surface area contributed by atoms with Crippen molar-refractivity contribution in [2.75, 3.05) is 0 Å². The molecule has 0 radical (unpaired) electrons. The van der Waals surface area contributed by atoms with E-state index in [0.29, 0.717) is 11.1 Å². The van der Waals surface area contributed by atoms with Gasteiger partial charge in [-0.2, -0.15) is 0 Å². The molecular formula is C36H40N4O13P2Se. The van der Waals surface area contributed by atoms with Crippen LogP contribution in [-0.4, -0.2) is 86.5 Å². The van der Waals surface area contributed by atoms with E-state index in [1.807, 2.05) is 0 Å². The minimum atomic E-state index is -4.80. The number of carbonyl (C=O) groups is 4. The molecule has 4 aromatic rings. The van der Waals surface area contributed by atoms with Crippen molar-refractivity contribution in [3.05, 3.63) is 131 Å². The molecule has 2 amide bonds. The van der Waals surface area contributed by atoms with Gasteiger partial charge in [0, 0.05) is 0 Å². The first kappa shape index (κ1) is 44.0. The molecule has 0 aliphatic carbocycles. The Labute approximate surface area is 327 Å². The first-order chi connectivity index (χ1) is 26.4. The molecule has 0 aliphatic heterocycles. The van der Waals surface area contributed by atoms with Gasteiger partial charge in [0.1, 0.15) is 0 Å². The molecule has 4 rings (SSSR count). The van der Waals surface area contributed by atoms with Crippen molar-refractivity contribution in [1.29, 1.82) is 0 Å². The number of benzene rings is 4. The van der Waals surface area contributed by atoms with Crippen LogP contribution in [0.1, 0.15) is 22.3 Å². The molecule has 56 heavy (non-hydrogen) atoms. The Morgan fingerprint density at radius 1 is 0.571 bits per heavy atom. The van der Waals surface area contributed by atoms with Crippen LogP contribution >= 0.6 is 15.6 Å². The summed E-state index contributed by atoms with van der Waals surface area (Å²) in [6.07, 6.45) is 0.0227. The van der Waals surface area contributed by atoms with Crippen molar-refractivity contribution in [1.82, 2.24) is 15.0 Å². The number of carboxylic acids is 1. The van der Waals surface area contributed by atoms with Gasteiger partial charge in [-0.1, -0.05) is 0 Å². The number of nitrogens with one attached hydrogen (secondary N) is 3. The molecule has 17 nitrogen and oxygen atoms in total. The maximum absolute atomic E-state index is 13.8. The topological polar surface area (TPSA) is 284 Å². The number of hydrogen-bond acceptors (Lipinski definition) is 10. The van der Waals surface area contributed by atoms with E-state index in [1.54, 1.807) is 60.7 Å². The van der Waals surface area contributed by atoms with Crippen LogP contribution in [0.4, 0.5) is 0 Å². The van der Waals surface area contributed by atoms with Crippen molar-refractivity contribution < 1.29 is 62.0 Å². The number of rotatable bonds is 21. The fourth-order valence-electron chi connectivity index (χ4n) is 5.26. The molecular weight excluding hydrogens is 837 g/mol. The van der Waals surface area contributed by atoms with Crippen molar-refractivity contribution >= 4 is 53.3 Å². The molecule has 0 aliphatic rings. The van der Waals surface area contributed by atoms with Gasteiger partial charge in [0.15, 0.2) is 0 Å². The molecule has 0 heterocycles. The summed E-state index contributed by atoms with van der Waals surface area (Å²) in [6.45, 7) is 0. The van der Waals surface area contributed by atoms with Crippen LogP contribution < -0.4 is 29.7 Å². The second-order valence-corrected chi connectivity index (χ2v) is 16.5. The summed E-state index contributed by atoms with van der Waals surface area (Å²) in [5, 5.41) is 15.2. The van der Waals surface area contributed by atoms with E-state index < -0.39 is 77.5 Å². The van der Waals surface area contributed by atoms with Gasteiger partial charge >= 0.3 is 300 Å². The van der Waals surface area contributed by atoms with Crippen LogP contribution in [0.2, 0.25) is 0 Å². The van der Waals surface area contributed by atoms with Gasteiger partial charge in [0.05, 0.1) is 0 Å². The zero-order chi connectivity index (χ0) is 40.9. The molecule has 0 spiro atoms. The van der Waals surface area contributed by atoms with Crippen molar-refractivity contribution in [3.63, 3.8) is 0 Å². The third kappa shape index (κ3) is 15.4. The molecule has 298 valence electrons. The normalized spacial score (nSPS) is 13.7. The van der Waals surface area contributed by atoms with E-state index >= 15 is 0 Å². The fraction of sp³-hybridized carbons (Fsp3) is 0.222. The van der Waals surface area contributed by atoms with Crippen molar-refractivity contribution in [2.45, 2.75) is 49.9 Å². The van der Waals surface area contributed by atoms with Crippen LogP contribution in [0.3, 0.4) is 0 Å². The first-order valence-electron chi connectivity index (χ1n) is 16.8. The average Bonchev–Trinajstić information content (AvgIpc) is 3.13. The predicted octanol–water partition coefficient (Wildman–Crippen LogP) is 1.39. The summed E-state index contributed by atoms with van der Waals surface area (Å²) in [5.41, 5.74) is 8.65. The molecule has 10 N–H and O–H groups in total. The molecule has 0 saturated carbocycles. The number of carbonyl (C=O) groups excluding carboxylic acids is 3. The van der Waals surface area contributed by atoms with Crippen LogP contribution in [-0.2, 0) is 54.0 Å². The number of nitrogens with two attached hydrogens (primary N) is 1. The molecule has 20 heteroatoms. The van der Waals surface area contributed by atoms with E-state index in [4.69, 9.17) is 25.3 Å². The summed E-state index contributed by atoms with van der Waals surface area (Å²) < 4.78 is 33.9. The van der Waals surface area contributed by atoms with E-state index in [0.717, 1.165) is 11.1 Å². The van der Waals surface area contributed by atoms with Gasteiger partial charge in [-0.15, -0.1) is 0 Å². The number of amides is 2. The van der Waals surface area contributed by atoms with Gasteiger partial charge < -0.3 is 0 Å². The van der Waals surface area contributed by atoms with E-state index in [-0.39, 0.29) is 37.2 Å². The Hall–Kier alpha value is -4.70. The quantitative estimate of drug-likeness (QED) is 0.0423. The Balaban J connectivity index is 1.46. The average molecular weight is 878 g/mol. The second-order valence-electron chi connectivity index (χ2n) is 12.4. The second kappa shape index (κ2) is 20.5. The zero-order valence-corrected chi connectivity index (χ0v) is 32.9. The number of phosphoric acid groups is 2. The van der Waals surface area contributed by atoms with Crippen molar-refractivity contribution in [2.24, 2.45) is 5.73 Å². The van der Waals surface area contributed by atoms with Gasteiger partial charge in [-0.25, -0.2) is 9.13 Å². The van der Waals surface area contributed by atoms with E-state index in [9.17, 15) is 33.4 Å².